The second kappa shape index (κ2) is 5.41. The van der Waals surface area contributed by atoms with Gasteiger partial charge in [0.15, 0.2) is 0 Å². The molecule has 2 saturated heterocycles. The number of halogens is 1. The van der Waals surface area contributed by atoms with E-state index in [1.54, 1.807) is 16.9 Å². The van der Waals surface area contributed by atoms with Gasteiger partial charge in [0.1, 0.15) is 0 Å². The van der Waals surface area contributed by atoms with Crippen molar-refractivity contribution in [3.63, 3.8) is 0 Å². The summed E-state index contributed by atoms with van der Waals surface area (Å²) < 4.78 is 1.73. The number of benzene rings is 1. The predicted molar refractivity (Wildman–Crippen MR) is 84.3 cm³/mol. The van der Waals surface area contributed by atoms with Gasteiger partial charge in [-0.15, -0.1) is 0 Å². The van der Waals surface area contributed by atoms with Crippen LogP contribution in [0.1, 0.15) is 10.4 Å². The molecule has 4 rings (SSSR count). The van der Waals surface area contributed by atoms with E-state index in [-0.39, 0.29) is 5.91 Å². The van der Waals surface area contributed by atoms with Crippen LogP contribution in [-0.4, -0.2) is 46.8 Å². The van der Waals surface area contributed by atoms with Gasteiger partial charge in [0, 0.05) is 38.6 Å². The van der Waals surface area contributed by atoms with E-state index >= 15 is 0 Å². The maximum Gasteiger partial charge on any atom is 0.255 e. The zero-order valence-corrected chi connectivity index (χ0v) is 12.8. The molecule has 2 aliphatic heterocycles. The molecule has 1 aromatic heterocycles. The third kappa shape index (κ3) is 2.30. The Hall–Kier alpha value is -1.85. The van der Waals surface area contributed by atoms with Crippen LogP contribution >= 0.6 is 11.6 Å². The third-order valence-electron chi connectivity index (χ3n) is 4.63. The number of likely N-dealkylation sites (tertiary alicyclic amines) is 1. The van der Waals surface area contributed by atoms with E-state index in [1.807, 2.05) is 29.3 Å². The minimum Gasteiger partial charge on any atom is -0.338 e. The summed E-state index contributed by atoms with van der Waals surface area (Å²) in [6.45, 7) is 3.66. The van der Waals surface area contributed by atoms with Crippen LogP contribution in [-0.2, 0) is 0 Å². The Balaban J connectivity index is 1.61. The van der Waals surface area contributed by atoms with E-state index in [1.165, 1.54) is 0 Å². The van der Waals surface area contributed by atoms with E-state index in [4.69, 9.17) is 11.6 Å². The summed E-state index contributed by atoms with van der Waals surface area (Å²) >= 11 is 6.26. The van der Waals surface area contributed by atoms with Crippen molar-refractivity contribution in [1.82, 2.24) is 20.0 Å². The lowest BCUT2D eigenvalue weighted by atomic mass is 10.0. The fourth-order valence-corrected chi connectivity index (χ4v) is 3.63. The summed E-state index contributed by atoms with van der Waals surface area (Å²) in [5, 5.41) is 8.08. The maximum absolute atomic E-state index is 12.8. The van der Waals surface area contributed by atoms with Gasteiger partial charge in [0.25, 0.3) is 5.91 Å². The number of nitrogens with zero attached hydrogens (tertiary/aromatic N) is 3. The van der Waals surface area contributed by atoms with Crippen LogP contribution in [0.5, 0.6) is 0 Å². The number of fused-ring (bicyclic) bond motifs is 1. The molecule has 0 bridgehead atoms. The van der Waals surface area contributed by atoms with Crippen LogP contribution in [0.25, 0.3) is 5.69 Å². The fraction of sp³-hybridized carbons (Fsp3) is 0.375. The van der Waals surface area contributed by atoms with Crippen molar-refractivity contribution in [1.29, 1.82) is 0 Å². The Morgan fingerprint density at radius 1 is 1.27 bits per heavy atom. The standard InChI is InChI=1S/C16H17ClN4O/c17-15-3-2-13(21-5-1-4-19-21)6-14(15)16(22)20-9-11-7-18-8-12(11)10-20/h1-6,11-12,18H,7-10H2/t11-,12+. The summed E-state index contributed by atoms with van der Waals surface area (Å²) in [7, 11) is 0. The molecular formula is C16H17ClN4O. The number of hydrogen-bond acceptors (Lipinski definition) is 3. The molecule has 0 unspecified atom stereocenters. The molecule has 1 N–H and O–H groups in total. The van der Waals surface area contributed by atoms with Gasteiger partial charge >= 0.3 is 0 Å². The fourth-order valence-electron chi connectivity index (χ4n) is 3.43. The lowest BCUT2D eigenvalue weighted by molar-refractivity contribution is 0.0782. The molecule has 5 nitrogen and oxygen atoms in total. The number of nitrogens with one attached hydrogen (secondary N) is 1. The van der Waals surface area contributed by atoms with Crippen molar-refractivity contribution in [2.75, 3.05) is 26.2 Å². The van der Waals surface area contributed by atoms with E-state index in [2.05, 4.69) is 10.4 Å². The van der Waals surface area contributed by atoms with Gasteiger partial charge in [-0.1, -0.05) is 11.6 Å². The predicted octanol–water partition coefficient (Wildman–Crippen LogP) is 1.82. The molecular weight excluding hydrogens is 300 g/mol. The molecule has 2 atom stereocenters. The maximum atomic E-state index is 12.8. The number of aromatic nitrogens is 2. The smallest absolute Gasteiger partial charge is 0.255 e. The van der Waals surface area contributed by atoms with Gasteiger partial charge in [-0.2, -0.15) is 5.10 Å². The summed E-state index contributed by atoms with van der Waals surface area (Å²) in [5.74, 6) is 1.18. The lowest BCUT2D eigenvalue weighted by Crippen LogP contribution is -2.32. The molecule has 6 heteroatoms. The van der Waals surface area contributed by atoms with Crippen LogP contribution < -0.4 is 5.32 Å². The van der Waals surface area contributed by atoms with Crippen molar-refractivity contribution in [2.24, 2.45) is 11.8 Å². The molecule has 2 aromatic rings. The van der Waals surface area contributed by atoms with E-state index in [0.717, 1.165) is 31.9 Å². The number of rotatable bonds is 2. The van der Waals surface area contributed by atoms with Crippen LogP contribution in [0.3, 0.4) is 0 Å². The average molecular weight is 317 g/mol. The summed E-state index contributed by atoms with van der Waals surface area (Å²) in [5.41, 5.74) is 1.40. The Morgan fingerprint density at radius 3 is 2.73 bits per heavy atom. The first kappa shape index (κ1) is 13.8. The van der Waals surface area contributed by atoms with Crippen LogP contribution in [0.2, 0.25) is 5.02 Å². The van der Waals surface area contributed by atoms with Crippen LogP contribution in [0.4, 0.5) is 0 Å². The second-order valence-electron chi connectivity index (χ2n) is 6.00. The monoisotopic (exact) mass is 316 g/mol. The van der Waals surface area contributed by atoms with Gasteiger partial charge in [-0.05, 0) is 36.1 Å². The summed E-state index contributed by atoms with van der Waals surface area (Å²) in [6.07, 6.45) is 3.56. The quantitative estimate of drug-likeness (QED) is 0.919. The van der Waals surface area contributed by atoms with Crippen LogP contribution in [0, 0.1) is 11.8 Å². The molecule has 0 aliphatic carbocycles. The minimum atomic E-state index is 0.0217. The van der Waals surface area contributed by atoms with E-state index in [0.29, 0.717) is 22.4 Å². The highest BCUT2D eigenvalue weighted by molar-refractivity contribution is 6.33. The Kier molecular flexibility index (Phi) is 3.39. The van der Waals surface area contributed by atoms with Crippen molar-refractivity contribution in [3.05, 3.63) is 47.2 Å². The SMILES string of the molecule is O=C(c1cc(-n2cccn2)ccc1Cl)N1C[C@H]2CNC[C@H]2C1. The van der Waals surface area contributed by atoms with Crippen molar-refractivity contribution in [3.8, 4) is 5.69 Å². The first-order valence-electron chi connectivity index (χ1n) is 7.52. The largest absolute Gasteiger partial charge is 0.338 e. The van der Waals surface area contributed by atoms with Crippen molar-refractivity contribution in [2.45, 2.75) is 0 Å². The molecule has 0 saturated carbocycles. The topological polar surface area (TPSA) is 50.2 Å². The van der Waals surface area contributed by atoms with Gasteiger partial charge in [0.05, 0.1) is 16.3 Å². The molecule has 22 heavy (non-hydrogen) atoms. The van der Waals surface area contributed by atoms with Gasteiger partial charge < -0.3 is 10.2 Å². The van der Waals surface area contributed by atoms with Crippen molar-refractivity contribution < 1.29 is 4.79 Å². The number of amides is 1. The van der Waals surface area contributed by atoms with Gasteiger partial charge in [0.2, 0.25) is 0 Å². The number of hydrogen-bond donors (Lipinski definition) is 1. The van der Waals surface area contributed by atoms with Crippen molar-refractivity contribution >= 4 is 17.5 Å². The number of carbonyl (C=O) groups excluding carboxylic acids is 1. The minimum absolute atomic E-state index is 0.0217. The molecule has 0 radical (unpaired) electrons. The van der Waals surface area contributed by atoms with E-state index in [9.17, 15) is 4.79 Å². The molecule has 1 aromatic carbocycles. The Bertz CT molecular complexity index is 688. The normalized spacial score (nSPS) is 23.8. The first-order chi connectivity index (χ1) is 10.7. The zero-order chi connectivity index (χ0) is 15.1. The molecule has 3 heterocycles. The average Bonchev–Trinajstić information content (AvgIpc) is 3.23. The highest BCUT2D eigenvalue weighted by Crippen LogP contribution is 2.29. The Labute approximate surface area is 133 Å². The molecule has 2 fully saturated rings. The first-order valence-corrected chi connectivity index (χ1v) is 7.90. The summed E-state index contributed by atoms with van der Waals surface area (Å²) in [4.78, 5) is 14.7. The lowest BCUT2D eigenvalue weighted by Gasteiger charge is -2.18. The van der Waals surface area contributed by atoms with Crippen LogP contribution in [0.15, 0.2) is 36.7 Å². The highest BCUT2D eigenvalue weighted by atomic mass is 35.5. The third-order valence-corrected chi connectivity index (χ3v) is 4.96. The molecule has 0 spiro atoms. The zero-order valence-electron chi connectivity index (χ0n) is 12.1. The second-order valence-corrected chi connectivity index (χ2v) is 6.41. The molecule has 2 aliphatic rings. The van der Waals surface area contributed by atoms with Gasteiger partial charge in [-0.25, -0.2) is 4.68 Å². The summed E-state index contributed by atoms with van der Waals surface area (Å²) in [6, 6.07) is 7.31. The Morgan fingerprint density at radius 2 is 2.05 bits per heavy atom. The van der Waals surface area contributed by atoms with Gasteiger partial charge in [-0.3, -0.25) is 4.79 Å². The number of carbonyl (C=O) groups is 1. The molecule has 114 valence electrons. The van der Waals surface area contributed by atoms with E-state index < -0.39 is 0 Å². The molecule has 1 amide bonds. The highest BCUT2D eigenvalue weighted by Gasteiger charge is 2.38.